The van der Waals surface area contributed by atoms with Gasteiger partial charge >= 0.3 is 19.8 Å². The van der Waals surface area contributed by atoms with Crippen LogP contribution in [0.2, 0.25) is 0 Å². The highest BCUT2D eigenvalue weighted by molar-refractivity contribution is 7.47. The summed E-state index contributed by atoms with van der Waals surface area (Å²) >= 11 is 0. The molecule has 0 radical (unpaired) electrons. The molecule has 0 bridgehead atoms. The molecular formula is C45H70NO8P. The highest BCUT2D eigenvalue weighted by Crippen LogP contribution is 2.43. The van der Waals surface area contributed by atoms with Crippen LogP contribution in [0.15, 0.2) is 122 Å². The first-order valence-corrected chi connectivity index (χ1v) is 21.5. The Morgan fingerprint density at radius 1 is 0.545 bits per heavy atom. The van der Waals surface area contributed by atoms with Crippen molar-refractivity contribution in [3.63, 3.8) is 0 Å². The van der Waals surface area contributed by atoms with Crippen molar-refractivity contribution in [2.24, 2.45) is 5.73 Å². The third-order valence-corrected chi connectivity index (χ3v) is 8.34. The fraction of sp³-hybridized carbons (Fsp3) is 0.511. The van der Waals surface area contributed by atoms with Gasteiger partial charge in [0.25, 0.3) is 0 Å². The first-order valence-electron chi connectivity index (χ1n) is 20.0. The van der Waals surface area contributed by atoms with E-state index in [1.807, 2.05) is 12.2 Å². The molecule has 0 aliphatic heterocycles. The van der Waals surface area contributed by atoms with Crippen molar-refractivity contribution in [1.29, 1.82) is 0 Å². The Bertz CT molecular complexity index is 1310. The zero-order valence-electron chi connectivity index (χ0n) is 33.6. The van der Waals surface area contributed by atoms with E-state index in [1.165, 1.54) is 0 Å². The maximum Gasteiger partial charge on any atom is 0.472 e. The van der Waals surface area contributed by atoms with E-state index >= 15 is 0 Å². The van der Waals surface area contributed by atoms with Crippen molar-refractivity contribution in [3.05, 3.63) is 122 Å². The second-order valence-electron chi connectivity index (χ2n) is 12.4. The highest BCUT2D eigenvalue weighted by atomic mass is 31.2. The Hall–Kier alpha value is -3.59. The molecule has 0 amide bonds. The fourth-order valence-corrected chi connectivity index (χ4v) is 5.24. The first kappa shape index (κ1) is 51.4. The summed E-state index contributed by atoms with van der Waals surface area (Å²) in [5.41, 5.74) is 5.33. The molecule has 0 saturated heterocycles. The quantitative estimate of drug-likeness (QED) is 0.0279. The Labute approximate surface area is 332 Å². The molecule has 0 fully saturated rings. The third-order valence-electron chi connectivity index (χ3n) is 7.36. The molecule has 0 aliphatic rings. The molecule has 0 spiro atoms. The minimum absolute atomic E-state index is 0.0286. The number of phosphoric acid groups is 1. The number of hydrogen-bond donors (Lipinski definition) is 2. The Balaban J connectivity index is 4.43. The molecule has 0 heterocycles. The molecule has 55 heavy (non-hydrogen) atoms. The summed E-state index contributed by atoms with van der Waals surface area (Å²) in [7, 11) is -4.41. The van der Waals surface area contributed by atoms with Gasteiger partial charge in [-0.2, -0.15) is 0 Å². The van der Waals surface area contributed by atoms with Crippen molar-refractivity contribution in [2.45, 2.75) is 123 Å². The number of hydrogen-bond acceptors (Lipinski definition) is 8. The van der Waals surface area contributed by atoms with Crippen LogP contribution in [-0.2, 0) is 32.7 Å². The summed E-state index contributed by atoms with van der Waals surface area (Å²) in [6, 6.07) is 0. The van der Waals surface area contributed by atoms with E-state index in [9.17, 15) is 19.0 Å². The van der Waals surface area contributed by atoms with Crippen LogP contribution in [-0.4, -0.2) is 49.3 Å². The van der Waals surface area contributed by atoms with Crippen LogP contribution in [0.1, 0.15) is 117 Å². The average molecular weight is 784 g/mol. The number of unbranched alkanes of at least 4 members (excludes halogenated alkanes) is 2. The zero-order valence-corrected chi connectivity index (χ0v) is 34.5. The number of carbonyl (C=O) groups is 2. The summed E-state index contributed by atoms with van der Waals surface area (Å²) in [6.07, 6.45) is 53.9. The zero-order chi connectivity index (χ0) is 40.3. The summed E-state index contributed by atoms with van der Waals surface area (Å²) in [5.74, 6) is -0.992. The van der Waals surface area contributed by atoms with Crippen molar-refractivity contribution in [1.82, 2.24) is 0 Å². The van der Waals surface area contributed by atoms with Crippen LogP contribution in [0.25, 0.3) is 0 Å². The minimum Gasteiger partial charge on any atom is -0.462 e. The van der Waals surface area contributed by atoms with Crippen LogP contribution in [0.5, 0.6) is 0 Å². The molecule has 308 valence electrons. The predicted molar refractivity (Wildman–Crippen MR) is 228 cm³/mol. The lowest BCUT2D eigenvalue weighted by Crippen LogP contribution is -2.29. The SMILES string of the molecule is CC/C=C\C/C=C\C/C=C\C/C=C\C/C=C\C/C=C\CCC(=O)OC(COC(=O)CCCC/C=C\C/C=C\C/C=C\C/C=C\CC)COP(=O)(O)OCCN. The van der Waals surface area contributed by atoms with Crippen LogP contribution in [0, 0.1) is 0 Å². The summed E-state index contributed by atoms with van der Waals surface area (Å²) in [4.78, 5) is 34.7. The number of phosphoric ester groups is 1. The van der Waals surface area contributed by atoms with Gasteiger partial charge in [0.05, 0.1) is 13.2 Å². The second-order valence-corrected chi connectivity index (χ2v) is 13.8. The van der Waals surface area contributed by atoms with E-state index in [1.54, 1.807) is 0 Å². The van der Waals surface area contributed by atoms with Crippen LogP contribution < -0.4 is 5.73 Å². The molecule has 0 rings (SSSR count). The average Bonchev–Trinajstić information content (AvgIpc) is 3.17. The summed E-state index contributed by atoms with van der Waals surface area (Å²) in [6.45, 7) is 3.32. The van der Waals surface area contributed by atoms with Gasteiger partial charge in [0, 0.05) is 19.4 Å². The van der Waals surface area contributed by atoms with Gasteiger partial charge in [0.2, 0.25) is 0 Å². The minimum atomic E-state index is -4.41. The molecule has 0 aromatic heterocycles. The molecule has 0 aromatic rings. The van der Waals surface area contributed by atoms with Crippen molar-refractivity contribution < 1.29 is 37.6 Å². The standard InChI is InChI=1S/C45H70NO8P/c1-3-5-7-9-11-13-15-17-19-20-21-22-24-26-28-30-32-34-36-38-45(48)54-43(42-53-55(49,50)52-40-39-46)41-51-44(47)37-35-33-31-29-27-25-23-18-16-14-12-10-8-6-4-2/h5-8,11-14,17-19,21-23,26-29,32,34,43H,3-4,9-10,15-16,20,24-25,30-31,33,35-42,46H2,1-2H3,(H,49,50)/b7-5-,8-6-,13-11-,14-12-,19-17-,22-21-,23-18-,28-26-,29-27-,34-32-. The number of esters is 2. The predicted octanol–water partition coefficient (Wildman–Crippen LogP) is 11.4. The summed E-state index contributed by atoms with van der Waals surface area (Å²) in [5, 5.41) is 0. The fourth-order valence-electron chi connectivity index (χ4n) is 4.47. The maximum atomic E-state index is 12.5. The van der Waals surface area contributed by atoms with Gasteiger partial charge in [0.1, 0.15) is 6.61 Å². The number of rotatable bonds is 35. The van der Waals surface area contributed by atoms with Gasteiger partial charge in [-0.3, -0.25) is 18.6 Å². The molecule has 2 unspecified atom stereocenters. The van der Waals surface area contributed by atoms with E-state index in [-0.39, 0.29) is 32.6 Å². The topological polar surface area (TPSA) is 134 Å². The van der Waals surface area contributed by atoms with E-state index in [4.69, 9.17) is 24.3 Å². The third kappa shape index (κ3) is 39.9. The lowest BCUT2D eigenvalue weighted by Gasteiger charge is -2.19. The number of carbonyl (C=O) groups excluding carboxylic acids is 2. The number of allylic oxidation sites excluding steroid dienone is 20. The first-order chi connectivity index (χ1) is 26.8. The van der Waals surface area contributed by atoms with E-state index in [2.05, 4.69) is 123 Å². The Kier molecular flexibility index (Phi) is 37.5. The Morgan fingerprint density at radius 3 is 1.40 bits per heavy atom. The van der Waals surface area contributed by atoms with Gasteiger partial charge in [-0.05, 0) is 89.9 Å². The van der Waals surface area contributed by atoms with Gasteiger partial charge < -0.3 is 20.1 Å². The molecule has 10 heteroatoms. The van der Waals surface area contributed by atoms with E-state index in [0.717, 1.165) is 77.0 Å². The smallest absolute Gasteiger partial charge is 0.462 e. The molecular weight excluding hydrogens is 713 g/mol. The number of ether oxygens (including phenoxy) is 2. The largest absolute Gasteiger partial charge is 0.472 e. The molecule has 0 aromatic carbocycles. The van der Waals surface area contributed by atoms with E-state index in [0.29, 0.717) is 12.8 Å². The van der Waals surface area contributed by atoms with Crippen LogP contribution >= 0.6 is 7.82 Å². The van der Waals surface area contributed by atoms with Gasteiger partial charge in [-0.1, -0.05) is 135 Å². The van der Waals surface area contributed by atoms with Crippen LogP contribution in [0.3, 0.4) is 0 Å². The number of nitrogens with two attached hydrogens (primary N) is 1. The molecule has 0 aliphatic carbocycles. The lowest BCUT2D eigenvalue weighted by molar-refractivity contribution is -0.161. The van der Waals surface area contributed by atoms with Gasteiger partial charge in [-0.15, -0.1) is 0 Å². The van der Waals surface area contributed by atoms with Crippen molar-refractivity contribution >= 4 is 19.8 Å². The highest BCUT2D eigenvalue weighted by Gasteiger charge is 2.25. The van der Waals surface area contributed by atoms with Gasteiger partial charge in [0.15, 0.2) is 6.10 Å². The summed E-state index contributed by atoms with van der Waals surface area (Å²) < 4.78 is 32.6. The van der Waals surface area contributed by atoms with Crippen molar-refractivity contribution in [2.75, 3.05) is 26.4 Å². The normalized spacial score (nSPS) is 14.6. The molecule has 9 nitrogen and oxygen atoms in total. The molecule has 3 N–H and O–H groups in total. The van der Waals surface area contributed by atoms with E-state index < -0.39 is 32.5 Å². The second kappa shape index (κ2) is 40.1. The monoisotopic (exact) mass is 783 g/mol. The Morgan fingerprint density at radius 2 is 0.964 bits per heavy atom. The molecule has 0 saturated carbocycles. The van der Waals surface area contributed by atoms with Crippen molar-refractivity contribution in [3.8, 4) is 0 Å². The van der Waals surface area contributed by atoms with Crippen LogP contribution in [0.4, 0.5) is 0 Å². The van der Waals surface area contributed by atoms with Gasteiger partial charge in [-0.25, -0.2) is 4.57 Å². The maximum absolute atomic E-state index is 12.5. The molecule has 2 atom stereocenters. The lowest BCUT2D eigenvalue weighted by atomic mass is 10.2.